The quantitative estimate of drug-likeness (QED) is 0.815. The zero-order chi connectivity index (χ0) is 15.5. The highest BCUT2D eigenvalue weighted by Gasteiger charge is 2.12. The lowest BCUT2D eigenvalue weighted by molar-refractivity contribution is 0.0946. The molecule has 1 heterocycles. The molecular formula is C13H12FN3O3S. The van der Waals surface area contributed by atoms with Crippen molar-refractivity contribution in [2.24, 2.45) is 5.14 Å². The lowest BCUT2D eigenvalue weighted by Gasteiger charge is -2.06. The fourth-order valence-electron chi connectivity index (χ4n) is 1.63. The number of carbonyl (C=O) groups excluding carboxylic acids is 1. The third-order valence-corrected chi connectivity index (χ3v) is 3.64. The molecule has 0 spiro atoms. The van der Waals surface area contributed by atoms with Crippen LogP contribution in [0.1, 0.15) is 15.9 Å². The number of sulfonamides is 1. The summed E-state index contributed by atoms with van der Waals surface area (Å²) in [5.74, 6) is -1.45. The third-order valence-electron chi connectivity index (χ3n) is 2.71. The van der Waals surface area contributed by atoms with Gasteiger partial charge in [0.05, 0.1) is 10.5 Å². The van der Waals surface area contributed by atoms with Crippen LogP contribution in [0.3, 0.4) is 0 Å². The van der Waals surface area contributed by atoms with E-state index < -0.39 is 21.9 Å². The van der Waals surface area contributed by atoms with E-state index in [9.17, 15) is 17.6 Å². The minimum absolute atomic E-state index is 0.0177. The van der Waals surface area contributed by atoms with Gasteiger partial charge < -0.3 is 5.32 Å². The van der Waals surface area contributed by atoms with Crippen molar-refractivity contribution in [3.63, 3.8) is 0 Å². The number of halogens is 1. The number of aromatic nitrogens is 1. The monoisotopic (exact) mass is 309 g/mol. The van der Waals surface area contributed by atoms with Gasteiger partial charge in [-0.05, 0) is 29.8 Å². The van der Waals surface area contributed by atoms with Crippen molar-refractivity contribution in [2.45, 2.75) is 11.4 Å². The average Bonchev–Trinajstić information content (AvgIpc) is 2.45. The predicted molar refractivity (Wildman–Crippen MR) is 73.2 cm³/mol. The number of pyridine rings is 1. The summed E-state index contributed by atoms with van der Waals surface area (Å²) in [6.45, 7) is 0.123. The maximum Gasteiger partial charge on any atom is 0.256 e. The smallest absolute Gasteiger partial charge is 0.256 e. The van der Waals surface area contributed by atoms with E-state index in [-0.39, 0.29) is 17.0 Å². The molecule has 0 bridgehead atoms. The van der Waals surface area contributed by atoms with Crippen molar-refractivity contribution in [2.75, 3.05) is 0 Å². The molecule has 0 radical (unpaired) electrons. The number of nitrogens with two attached hydrogens (primary N) is 1. The molecule has 0 atom stereocenters. The number of rotatable bonds is 4. The maximum absolute atomic E-state index is 13.3. The summed E-state index contributed by atoms with van der Waals surface area (Å²) in [5.41, 5.74) is 0.499. The van der Waals surface area contributed by atoms with Gasteiger partial charge in [-0.25, -0.2) is 18.5 Å². The minimum Gasteiger partial charge on any atom is -0.348 e. The number of amides is 1. The van der Waals surface area contributed by atoms with E-state index in [2.05, 4.69) is 10.3 Å². The number of nitrogens with zero attached hydrogens (tertiary/aromatic N) is 1. The van der Waals surface area contributed by atoms with Crippen molar-refractivity contribution in [1.29, 1.82) is 0 Å². The van der Waals surface area contributed by atoms with Gasteiger partial charge in [0.1, 0.15) is 0 Å². The van der Waals surface area contributed by atoms with Gasteiger partial charge in [0.25, 0.3) is 5.91 Å². The molecule has 1 aromatic carbocycles. The van der Waals surface area contributed by atoms with Crippen LogP contribution >= 0.6 is 0 Å². The van der Waals surface area contributed by atoms with Crippen LogP contribution in [0.2, 0.25) is 0 Å². The predicted octanol–water partition coefficient (Wildman–Crippen LogP) is 0.798. The average molecular weight is 309 g/mol. The summed E-state index contributed by atoms with van der Waals surface area (Å²) in [4.78, 5) is 15.1. The number of carbonyl (C=O) groups is 1. The highest BCUT2D eigenvalue weighted by molar-refractivity contribution is 7.89. The summed E-state index contributed by atoms with van der Waals surface area (Å²) in [6.07, 6.45) is 1.25. The summed E-state index contributed by atoms with van der Waals surface area (Å²) in [5, 5.41) is 7.49. The Hall–Kier alpha value is -2.32. The molecule has 8 heteroatoms. The molecule has 2 aromatic rings. The molecule has 0 fully saturated rings. The van der Waals surface area contributed by atoms with Gasteiger partial charge in [-0.15, -0.1) is 0 Å². The van der Waals surface area contributed by atoms with Gasteiger partial charge in [0, 0.05) is 12.7 Å². The van der Waals surface area contributed by atoms with Gasteiger partial charge in [-0.2, -0.15) is 4.39 Å². The van der Waals surface area contributed by atoms with Crippen LogP contribution in [-0.2, 0) is 16.6 Å². The van der Waals surface area contributed by atoms with Crippen LogP contribution in [0.25, 0.3) is 0 Å². The van der Waals surface area contributed by atoms with Crippen molar-refractivity contribution < 1.29 is 17.6 Å². The first kappa shape index (κ1) is 15.1. The lowest BCUT2D eigenvalue weighted by atomic mass is 10.2. The van der Waals surface area contributed by atoms with Crippen LogP contribution < -0.4 is 10.5 Å². The Bertz CT molecular complexity index is 760. The van der Waals surface area contributed by atoms with Gasteiger partial charge >= 0.3 is 0 Å². The zero-order valence-electron chi connectivity index (χ0n) is 10.8. The lowest BCUT2D eigenvalue weighted by Crippen LogP contribution is -2.24. The van der Waals surface area contributed by atoms with E-state index >= 15 is 0 Å². The number of hydrogen-bond donors (Lipinski definition) is 2. The standard InChI is InChI=1S/C13H12FN3O3S/c14-12-11(2-1-7-16-12)13(18)17-8-9-3-5-10(6-4-9)21(15,19)20/h1-7H,8H2,(H,17,18)(H2,15,19,20). The SMILES string of the molecule is NS(=O)(=O)c1ccc(CNC(=O)c2cccnc2F)cc1. The van der Waals surface area contributed by atoms with Crippen LogP contribution in [0.5, 0.6) is 0 Å². The highest BCUT2D eigenvalue weighted by Crippen LogP contribution is 2.09. The molecule has 6 nitrogen and oxygen atoms in total. The largest absolute Gasteiger partial charge is 0.348 e. The molecule has 2 rings (SSSR count). The molecule has 21 heavy (non-hydrogen) atoms. The van der Waals surface area contributed by atoms with E-state index in [0.717, 1.165) is 0 Å². The van der Waals surface area contributed by atoms with Crippen molar-refractivity contribution in [3.05, 3.63) is 59.7 Å². The van der Waals surface area contributed by atoms with E-state index in [0.29, 0.717) is 5.56 Å². The van der Waals surface area contributed by atoms with E-state index in [1.54, 1.807) is 0 Å². The molecule has 0 aliphatic rings. The molecule has 0 aliphatic heterocycles. The Morgan fingerprint density at radius 2 is 1.90 bits per heavy atom. The normalized spacial score (nSPS) is 11.1. The number of primary sulfonamides is 1. The number of hydrogen-bond acceptors (Lipinski definition) is 4. The van der Waals surface area contributed by atoms with Crippen molar-refractivity contribution in [3.8, 4) is 0 Å². The molecular weight excluding hydrogens is 297 g/mol. The highest BCUT2D eigenvalue weighted by atomic mass is 32.2. The number of nitrogens with one attached hydrogen (secondary N) is 1. The summed E-state index contributed by atoms with van der Waals surface area (Å²) in [6, 6.07) is 8.48. The van der Waals surface area contributed by atoms with Crippen molar-refractivity contribution in [1.82, 2.24) is 10.3 Å². The molecule has 110 valence electrons. The Labute approximate surface area is 120 Å². The minimum atomic E-state index is -3.74. The molecule has 0 unspecified atom stereocenters. The molecule has 0 saturated carbocycles. The first-order chi connectivity index (χ1) is 9.88. The molecule has 1 aromatic heterocycles. The molecule has 3 N–H and O–H groups in total. The van der Waals surface area contributed by atoms with Gasteiger partial charge in [-0.1, -0.05) is 12.1 Å². The number of benzene rings is 1. The van der Waals surface area contributed by atoms with Crippen molar-refractivity contribution >= 4 is 15.9 Å². The first-order valence-electron chi connectivity index (χ1n) is 5.88. The van der Waals surface area contributed by atoms with Gasteiger partial charge in [-0.3, -0.25) is 4.79 Å². The van der Waals surface area contributed by atoms with Crippen LogP contribution in [-0.4, -0.2) is 19.3 Å². The fourth-order valence-corrected chi connectivity index (χ4v) is 2.15. The topological polar surface area (TPSA) is 102 Å². The maximum atomic E-state index is 13.3. The van der Waals surface area contributed by atoms with E-state index in [4.69, 9.17) is 5.14 Å². The third kappa shape index (κ3) is 3.83. The second-order valence-corrected chi connectivity index (χ2v) is 5.77. The second-order valence-electron chi connectivity index (χ2n) is 4.21. The molecule has 0 aliphatic carbocycles. The Morgan fingerprint density at radius 1 is 1.24 bits per heavy atom. The second kappa shape index (κ2) is 5.98. The fraction of sp³-hybridized carbons (Fsp3) is 0.0769. The molecule has 0 saturated heterocycles. The van der Waals surface area contributed by atoms with Gasteiger partial charge in [0.15, 0.2) is 0 Å². The van der Waals surface area contributed by atoms with Crippen LogP contribution in [0.15, 0.2) is 47.5 Å². The Balaban J connectivity index is 2.04. The van der Waals surface area contributed by atoms with Gasteiger partial charge in [0.2, 0.25) is 16.0 Å². The van der Waals surface area contributed by atoms with Crippen LogP contribution in [0.4, 0.5) is 4.39 Å². The first-order valence-corrected chi connectivity index (χ1v) is 7.43. The van der Waals surface area contributed by atoms with E-state index in [1.807, 2.05) is 0 Å². The Kier molecular flexibility index (Phi) is 4.29. The summed E-state index contributed by atoms with van der Waals surface area (Å²) < 4.78 is 35.5. The molecule has 1 amide bonds. The Morgan fingerprint density at radius 3 is 2.48 bits per heavy atom. The zero-order valence-corrected chi connectivity index (χ0v) is 11.6. The van der Waals surface area contributed by atoms with Crippen LogP contribution in [0, 0.1) is 5.95 Å². The summed E-state index contributed by atoms with van der Waals surface area (Å²) >= 11 is 0. The van der Waals surface area contributed by atoms with E-state index in [1.165, 1.54) is 42.6 Å². The summed E-state index contributed by atoms with van der Waals surface area (Å²) in [7, 11) is -3.74.